The zero-order valence-corrected chi connectivity index (χ0v) is 11.1. The van der Waals surface area contributed by atoms with Gasteiger partial charge in [0.15, 0.2) is 0 Å². The van der Waals surface area contributed by atoms with Crippen LogP contribution in [0.25, 0.3) is 0 Å². The van der Waals surface area contributed by atoms with Crippen LogP contribution >= 0.6 is 0 Å². The number of nitrogens with two attached hydrogens (primary N) is 1. The van der Waals surface area contributed by atoms with Crippen LogP contribution in [-0.2, 0) is 0 Å². The molecule has 100 valence electrons. The molecule has 0 saturated heterocycles. The maximum absolute atomic E-state index is 13.8. The van der Waals surface area contributed by atoms with Crippen LogP contribution in [0, 0.1) is 17.7 Å². The normalized spacial score (nSPS) is 23.3. The Balaban J connectivity index is 2.08. The van der Waals surface area contributed by atoms with Gasteiger partial charge in [-0.15, -0.1) is 0 Å². The molecule has 1 aliphatic carbocycles. The minimum Gasteiger partial charge on any atom is -0.369 e. The van der Waals surface area contributed by atoms with Crippen molar-refractivity contribution >= 4 is 5.69 Å². The van der Waals surface area contributed by atoms with Gasteiger partial charge in [0.2, 0.25) is 0 Å². The number of benzene rings is 1. The Morgan fingerprint density at radius 2 is 2.00 bits per heavy atom. The third-order valence-corrected chi connectivity index (χ3v) is 4.15. The highest BCUT2D eigenvalue weighted by Gasteiger charge is 2.28. The number of para-hydroxylation sites is 1. The highest BCUT2D eigenvalue weighted by molar-refractivity contribution is 5.47. The molecule has 0 bridgehead atoms. The van der Waals surface area contributed by atoms with Gasteiger partial charge in [-0.25, -0.2) is 4.39 Å². The summed E-state index contributed by atoms with van der Waals surface area (Å²) >= 11 is 0. The molecule has 2 nitrogen and oxygen atoms in total. The first-order valence-corrected chi connectivity index (χ1v) is 6.95. The zero-order chi connectivity index (χ0) is 13.0. The van der Waals surface area contributed by atoms with Crippen molar-refractivity contribution in [3.63, 3.8) is 0 Å². The molecule has 0 aromatic heterocycles. The second-order valence-corrected chi connectivity index (χ2v) is 5.18. The molecular formula is C15H23FN2. The third kappa shape index (κ3) is 2.83. The maximum atomic E-state index is 13.8. The summed E-state index contributed by atoms with van der Waals surface area (Å²) < 4.78 is 13.8. The summed E-state index contributed by atoms with van der Waals surface area (Å²) in [4.78, 5) is 2.15. The summed E-state index contributed by atoms with van der Waals surface area (Å²) in [6.45, 7) is 4.62. The van der Waals surface area contributed by atoms with Crippen LogP contribution in [0.1, 0.15) is 26.2 Å². The van der Waals surface area contributed by atoms with Gasteiger partial charge in [-0.1, -0.05) is 18.6 Å². The number of halogens is 1. The van der Waals surface area contributed by atoms with Crippen molar-refractivity contribution in [3.05, 3.63) is 30.1 Å². The summed E-state index contributed by atoms with van der Waals surface area (Å²) in [5, 5.41) is 0. The summed E-state index contributed by atoms with van der Waals surface area (Å²) in [6, 6.07) is 7.04. The Kier molecular flexibility index (Phi) is 4.59. The monoisotopic (exact) mass is 250 g/mol. The highest BCUT2D eigenvalue weighted by Crippen LogP contribution is 2.33. The van der Waals surface area contributed by atoms with Gasteiger partial charge in [0.1, 0.15) is 5.82 Å². The highest BCUT2D eigenvalue weighted by atomic mass is 19.1. The summed E-state index contributed by atoms with van der Waals surface area (Å²) in [6.07, 6.45) is 3.73. The van der Waals surface area contributed by atoms with Gasteiger partial charge < -0.3 is 10.6 Å². The van der Waals surface area contributed by atoms with E-state index in [4.69, 9.17) is 5.73 Å². The maximum Gasteiger partial charge on any atom is 0.146 e. The van der Waals surface area contributed by atoms with E-state index in [1.165, 1.54) is 25.3 Å². The fraction of sp³-hybridized carbons (Fsp3) is 0.600. The van der Waals surface area contributed by atoms with E-state index in [0.717, 1.165) is 25.3 Å². The molecule has 1 aromatic carbocycles. The number of rotatable bonds is 5. The lowest BCUT2D eigenvalue weighted by Gasteiger charge is -2.29. The molecule has 1 saturated carbocycles. The van der Waals surface area contributed by atoms with Crippen molar-refractivity contribution in [2.75, 3.05) is 24.5 Å². The molecule has 0 aliphatic heterocycles. The van der Waals surface area contributed by atoms with E-state index in [1.54, 1.807) is 6.07 Å². The number of anilines is 1. The number of nitrogens with zero attached hydrogens (tertiary/aromatic N) is 1. The van der Waals surface area contributed by atoms with Crippen LogP contribution < -0.4 is 10.6 Å². The topological polar surface area (TPSA) is 29.3 Å². The lowest BCUT2D eigenvalue weighted by Crippen LogP contribution is -2.33. The number of hydrogen-bond acceptors (Lipinski definition) is 2. The zero-order valence-electron chi connectivity index (χ0n) is 11.1. The van der Waals surface area contributed by atoms with Crippen molar-refractivity contribution in [3.8, 4) is 0 Å². The average Bonchev–Trinajstić information content (AvgIpc) is 2.84. The van der Waals surface area contributed by atoms with E-state index in [1.807, 2.05) is 12.1 Å². The van der Waals surface area contributed by atoms with E-state index in [9.17, 15) is 4.39 Å². The molecule has 18 heavy (non-hydrogen) atoms. The fourth-order valence-corrected chi connectivity index (χ4v) is 3.05. The van der Waals surface area contributed by atoms with E-state index < -0.39 is 0 Å². The van der Waals surface area contributed by atoms with Crippen LogP contribution in [0.3, 0.4) is 0 Å². The summed E-state index contributed by atoms with van der Waals surface area (Å²) in [5.41, 5.74) is 6.54. The van der Waals surface area contributed by atoms with Gasteiger partial charge in [0.05, 0.1) is 5.69 Å². The van der Waals surface area contributed by atoms with Gasteiger partial charge in [0, 0.05) is 13.1 Å². The van der Waals surface area contributed by atoms with E-state index in [2.05, 4.69) is 11.8 Å². The van der Waals surface area contributed by atoms with Crippen molar-refractivity contribution in [1.82, 2.24) is 0 Å². The Labute approximate surface area is 109 Å². The molecular weight excluding hydrogens is 227 g/mol. The molecule has 2 rings (SSSR count). The van der Waals surface area contributed by atoms with Crippen LogP contribution in [0.5, 0.6) is 0 Å². The van der Waals surface area contributed by atoms with Gasteiger partial charge in [-0.05, 0) is 50.3 Å². The standard InChI is InChI=1S/C15H23FN2/c1-2-18(15-9-4-3-8-14(15)16)11-13-7-5-6-12(13)10-17/h3-4,8-9,12-13H,2,5-7,10-11,17H2,1H3. The van der Waals surface area contributed by atoms with E-state index >= 15 is 0 Å². The Hall–Kier alpha value is -1.09. The lowest BCUT2D eigenvalue weighted by atomic mass is 9.95. The van der Waals surface area contributed by atoms with Crippen LogP contribution in [0.2, 0.25) is 0 Å². The molecule has 0 heterocycles. The first-order chi connectivity index (χ1) is 8.76. The fourth-order valence-electron chi connectivity index (χ4n) is 3.05. The Morgan fingerprint density at radius 3 is 2.67 bits per heavy atom. The van der Waals surface area contributed by atoms with Crippen LogP contribution in [0.15, 0.2) is 24.3 Å². The smallest absolute Gasteiger partial charge is 0.146 e. The second kappa shape index (κ2) is 6.19. The minimum atomic E-state index is -0.123. The average molecular weight is 250 g/mol. The molecule has 3 heteroatoms. The first kappa shape index (κ1) is 13.3. The van der Waals surface area contributed by atoms with Gasteiger partial charge >= 0.3 is 0 Å². The SMILES string of the molecule is CCN(CC1CCCC1CN)c1ccccc1F. The lowest BCUT2D eigenvalue weighted by molar-refractivity contribution is 0.394. The Morgan fingerprint density at radius 1 is 1.28 bits per heavy atom. The van der Waals surface area contributed by atoms with Gasteiger partial charge in [-0.3, -0.25) is 0 Å². The van der Waals surface area contributed by atoms with Crippen molar-refractivity contribution in [2.45, 2.75) is 26.2 Å². The molecule has 2 N–H and O–H groups in total. The summed E-state index contributed by atoms with van der Waals surface area (Å²) in [5.74, 6) is 1.11. The van der Waals surface area contributed by atoms with Crippen molar-refractivity contribution in [1.29, 1.82) is 0 Å². The van der Waals surface area contributed by atoms with Gasteiger partial charge in [0.25, 0.3) is 0 Å². The molecule has 0 spiro atoms. The molecule has 2 atom stereocenters. The van der Waals surface area contributed by atoms with Crippen molar-refractivity contribution in [2.24, 2.45) is 17.6 Å². The first-order valence-electron chi connectivity index (χ1n) is 6.95. The molecule has 1 aliphatic rings. The summed E-state index contributed by atoms with van der Waals surface area (Å²) in [7, 11) is 0. The molecule has 1 aromatic rings. The van der Waals surface area contributed by atoms with Crippen LogP contribution in [0.4, 0.5) is 10.1 Å². The van der Waals surface area contributed by atoms with Crippen LogP contribution in [-0.4, -0.2) is 19.6 Å². The molecule has 0 amide bonds. The second-order valence-electron chi connectivity index (χ2n) is 5.18. The third-order valence-electron chi connectivity index (χ3n) is 4.15. The Bertz CT molecular complexity index is 381. The largest absolute Gasteiger partial charge is 0.369 e. The molecule has 1 fully saturated rings. The molecule has 2 unspecified atom stereocenters. The quantitative estimate of drug-likeness (QED) is 0.870. The minimum absolute atomic E-state index is 0.123. The van der Waals surface area contributed by atoms with E-state index in [-0.39, 0.29) is 5.82 Å². The predicted molar refractivity (Wildman–Crippen MR) is 74.2 cm³/mol. The number of hydrogen-bond donors (Lipinski definition) is 1. The van der Waals surface area contributed by atoms with Gasteiger partial charge in [-0.2, -0.15) is 0 Å². The van der Waals surface area contributed by atoms with E-state index in [0.29, 0.717) is 11.8 Å². The van der Waals surface area contributed by atoms with Crippen molar-refractivity contribution < 1.29 is 4.39 Å². The predicted octanol–water partition coefficient (Wildman–Crippen LogP) is 3.03. The molecule has 0 radical (unpaired) electrons.